The summed E-state index contributed by atoms with van der Waals surface area (Å²) in [5, 5.41) is 0. The van der Waals surface area contributed by atoms with Crippen molar-refractivity contribution in [1.29, 1.82) is 0 Å². The van der Waals surface area contributed by atoms with Crippen molar-refractivity contribution in [2.45, 2.75) is 0 Å². The minimum Gasteiger partial charge on any atom is -0.324 e. The highest BCUT2D eigenvalue weighted by Crippen LogP contribution is 2.10. The molecule has 2 aliphatic rings. The zero-order valence-electron chi connectivity index (χ0n) is 7.66. The van der Waals surface area contributed by atoms with Gasteiger partial charge in [0.15, 0.2) is 0 Å². The van der Waals surface area contributed by atoms with Crippen LogP contribution in [0.2, 0.25) is 0 Å². The molecule has 1 heterocycles. The Balaban J connectivity index is 1.80. The predicted molar refractivity (Wildman–Crippen MR) is 50.0 cm³/mol. The number of hydrogen-bond acceptors (Lipinski definition) is 1. The van der Waals surface area contributed by atoms with Crippen LogP contribution in [0.4, 0.5) is 0 Å². The third kappa shape index (κ3) is 1.76. The van der Waals surface area contributed by atoms with E-state index in [9.17, 15) is 0 Å². The van der Waals surface area contributed by atoms with E-state index in [1.54, 1.807) is 4.90 Å². The Labute approximate surface area is 74.2 Å². The van der Waals surface area contributed by atoms with E-state index in [1.165, 1.54) is 26.3 Å². The van der Waals surface area contributed by atoms with Gasteiger partial charge < -0.3 is 4.90 Å². The lowest BCUT2D eigenvalue weighted by molar-refractivity contribution is -0.871. The largest absolute Gasteiger partial charge is 0.324 e. The number of nitrogens with zero attached hydrogens (tertiary/aromatic N) is 1. The number of likely N-dealkylation sites (N-methyl/N-ethyl adjacent to an activating group) is 1. The van der Waals surface area contributed by atoms with E-state index in [0.717, 1.165) is 0 Å². The molecule has 2 nitrogen and oxygen atoms in total. The topological polar surface area (TPSA) is 7.68 Å². The monoisotopic (exact) mass is 165 g/mol. The maximum Gasteiger partial charge on any atom is 0.133 e. The van der Waals surface area contributed by atoms with Gasteiger partial charge in [-0.05, 0) is 0 Å². The van der Waals surface area contributed by atoms with E-state index in [4.69, 9.17) is 0 Å². The molecule has 0 amide bonds. The molecule has 0 saturated carbocycles. The van der Waals surface area contributed by atoms with Crippen molar-refractivity contribution in [3.8, 4) is 0 Å². The maximum absolute atomic E-state index is 2.54. The smallest absolute Gasteiger partial charge is 0.133 e. The van der Waals surface area contributed by atoms with Crippen LogP contribution >= 0.6 is 0 Å². The number of quaternary nitrogens is 1. The summed E-state index contributed by atoms with van der Waals surface area (Å²) in [5.74, 6) is 0.677. The summed E-state index contributed by atoms with van der Waals surface area (Å²) in [6.45, 7) is 5.01. The van der Waals surface area contributed by atoms with Gasteiger partial charge >= 0.3 is 0 Å². The van der Waals surface area contributed by atoms with Crippen LogP contribution < -0.4 is 4.90 Å². The summed E-state index contributed by atoms with van der Waals surface area (Å²) in [5.41, 5.74) is 0. The molecular weight excluding hydrogens is 148 g/mol. The van der Waals surface area contributed by atoms with E-state index in [0.29, 0.717) is 5.92 Å². The van der Waals surface area contributed by atoms with E-state index in [1.807, 2.05) is 0 Å². The maximum atomic E-state index is 2.54. The molecular formula is C10H17N2+. The highest BCUT2D eigenvalue weighted by molar-refractivity contribution is 5.17. The van der Waals surface area contributed by atoms with Crippen molar-refractivity contribution >= 4 is 0 Å². The highest BCUT2D eigenvalue weighted by atomic mass is 15.4. The minimum atomic E-state index is 0.677. The van der Waals surface area contributed by atoms with Crippen molar-refractivity contribution in [2.75, 3.05) is 33.4 Å². The molecule has 0 aromatic carbocycles. The highest BCUT2D eigenvalue weighted by Gasteiger charge is 2.21. The molecule has 2 heteroatoms. The van der Waals surface area contributed by atoms with Gasteiger partial charge in [-0.15, -0.1) is 0 Å². The summed E-state index contributed by atoms with van der Waals surface area (Å²) < 4.78 is 0. The van der Waals surface area contributed by atoms with E-state index < -0.39 is 0 Å². The molecule has 12 heavy (non-hydrogen) atoms. The first-order chi connectivity index (χ1) is 5.84. The molecule has 1 N–H and O–H groups in total. The number of rotatable bonds is 2. The Morgan fingerprint density at radius 3 is 2.75 bits per heavy atom. The van der Waals surface area contributed by atoms with Gasteiger partial charge in [0, 0.05) is 12.5 Å². The van der Waals surface area contributed by atoms with Crippen LogP contribution in [0, 0.1) is 5.92 Å². The molecule has 0 aromatic heterocycles. The van der Waals surface area contributed by atoms with Crippen LogP contribution in [0.1, 0.15) is 0 Å². The molecule has 0 bridgehead atoms. The molecule has 66 valence electrons. The zero-order chi connectivity index (χ0) is 8.39. The second-order valence-electron chi connectivity index (χ2n) is 3.88. The third-order valence-electron chi connectivity index (χ3n) is 2.65. The molecule has 2 rings (SSSR count). The van der Waals surface area contributed by atoms with Gasteiger partial charge in [-0.3, -0.25) is 4.90 Å². The minimum absolute atomic E-state index is 0.677. The normalized spacial score (nSPS) is 30.6. The Morgan fingerprint density at radius 1 is 1.42 bits per heavy atom. The Bertz CT molecular complexity index is 196. The van der Waals surface area contributed by atoms with Gasteiger partial charge in [-0.1, -0.05) is 24.3 Å². The van der Waals surface area contributed by atoms with Crippen LogP contribution in [-0.2, 0) is 0 Å². The number of allylic oxidation sites excluding steroid dienone is 2. The molecule has 0 radical (unpaired) electrons. The molecule has 1 aliphatic carbocycles. The van der Waals surface area contributed by atoms with Crippen LogP contribution in [0.5, 0.6) is 0 Å². The lowest BCUT2D eigenvalue weighted by Gasteiger charge is -2.15. The van der Waals surface area contributed by atoms with Crippen molar-refractivity contribution in [2.24, 2.45) is 5.92 Å². The lowest BCUT2D eigenvalue weighted by atomic mass is 10.1. The lowest BCUT2D eigenvalue weighted by Crippen LogP contribution is -3.07. The molecule has 1 unspecified atom stereocenters. The van der Waals surface area contributed by atoms with Gasteiger partial charge in [0.1, 0.15) is 6.67 Å². The molecule has 0 spiro atoms. The predicted octanol–water partition coefficient (Wildman–Crippen LogP) is -0.484. The van der Waals surface area contributed by atoms with Gasteiger partial charge in [0.2, 0.25) is 0 Å². The molecule has 1 aliphatic heterocycles. The van der Waals surface area contributed by atoms with Gasteiger partial charge in [-0.2, -0.15) is 0 Å². The SMILES string of the molecule is C[NH+]1CCN(CC2C=CC=C2)C1. The fourth-order valence-corrected chi connectivity index (χ4v) is 1.94. The first kappa shape index (κ1) is 8.02. The quantitative estimate of drug-likeness (QED) is 0.580. The molecule has 1 atom stereocenters. The van der Waals surface area contributed by atoms with Crippen molar-refractivity contribution in [3.63, 3.8) is 0 Å². The Kier molecular flexibility index (Phi) is 2.28. The second kappa shape index (κ2) is 3.42. The Hall–Kier alpha value is -0.600. The van der Waals surface area contributed by atoms with E-state index in [-0.39, 0.29) is 0 Å². The summed E-state index contributed by atoms with van der Waals surface area (Å²) in [6.07, 6.45) is 8.87. The number of nitrogens with one attached hydrogen (secondary N) is 1. The van der Waals surface area contributed by atoms with Crippen molar-refractivity contribution < 1.29 is 4.90 Å². The fraction of sp³-hybridized carbons (Fsp3) is 0.600. The number of hydrogen-bond donors (Lipinski definition) is 1. The molecule has 1 fully saturated rings. The standard InChI is InChI=1S/C10H16N2/c1-11-6-7-12(9-11)8-10-4-2-3-5-10/h2-5,10H,6-9H2,1H3/p+1. The first-order valence-electron chi connectivity index (χ1n) is 4.73. The molecule has 0 aromatic rings. The zero-order valence-corrected chi connectivity index (χ0v) is 7.66. The van der Waals surface area contributed by atoms with Gasteiger partial charge in [0.05, 0.1) is 20.1 Å². The first-order valence-corrected chi connectivity index (χ1v) is 4.73. The summed E-state index contributed by atoms with van der Waals surface area (Å²) in [6, 6.07) is 0. The van der Waals surface area contributed by atoms with Crippen LogP contribution in [0.15, 0.2) is 24.3 Å². The summed E-state index contributed by atoms with van der Waals surface area (Å²) >= 11 is 0. The van der Waals surface area contributed by atoms with Crippen molar-refractivity contribution in [3.05, 3.63) is 24.3 Å². The average molecular weight is 165 g/mol. The van der Waals surface area contributed by atoms with E-state index >= 15 is 0 Å². The van der Waals surface area contributed by atoms with Crippen LogP contribution in [-0.4, -0.2) is 38.3 Å². The average Bonchev–Trinajstić information content (AvgIpc) is 2.63. The summed E-state index contributed by atoms with van der Waals surface area (Å²) in [4.78, 5) is 4.18. The second-order valence-corrected chi connectivity index (χ2v) is 3.88. The van der Waals surface area contributed by atoms with Gasteiger partial charge in [-0.25, -0.2) is 0 Å². The molecule has 1 saturated heterocycles. The van der Waals surface area contributed by atoms with Crippen LogP contribution in [0.25, 0.3) is 0 Å². The van der Waals surface area contributed by atoms with Crippen molar-refractivity contribution in [1.82, 2.24) is 4.90 Å². The van der Waals surface area contributed by atoms with Crippen LogP contribution in [0.3, 0.4) is 0 Å². The van der Waals surface area contributed by atoms with E-state index in [2.05, 4.69) is 36.3 Å². The van der Waals surface area contributed by atoms with Gasteiger partial charge in [0.25, 0.3) is 0 Å². The Morgan fingerprint density at radius 2 is 2.17 bits per heavy atom. The fourth-order valence-electron chi connectivity index (χ4n) is 1.94. The summed E-state index contributed by atoms with van der Waals surface area (Å²) in [7, 11) is 2.26. The third-order valence-corrected chi connectivity index (χ3v) is 2.65.